The molecule has 0 aromatic carbocycles. The van der Waals surface area contributed by atoms with E-state index in [2.05, 4.69) is 48.0 Å². The molecule has 0 saturated carbocycles. The van der Waals surface area contributed by atoms with Gasteiger partial charge in [0.05, 0.1) is 38.8 Å². The Bertz CT molecular complexity index is 776. The molecule has 0 rings (SSSR count). The van der Waals surface area contributed by atoms with E-state index in [4.69, 9.17) is 41.0 Å². The maximum absolute atomic E-state index is 13.6. The molecule has 0 spiro atoms. The summed E-state index contributed by atoms with van der Waals surface area (Å²) in [6.45, 7) is 11.8. The minimum absolute atomic E-state index is 0.316. The number of rotatable bonds is 36. The Balaban J connectivity index is 4.70. The van der Waals surface area contributed by atoms with E-state index in [-0.39, 0.29) is 0 Å². The molecule has 0 aromatic rings. The van der Waals surface area contributed by atoms with Crippen molar-refractivity contribution in [1.82, 2.24) is 9.80 Å². The third kappa shape index (κ3) is 28.0. The average Bonchev–Trinajstić information content (AvgIpc) is 3.05. The number of hydrogen-bond acceptors (Lipinski definition) is 12. The Labute approximate surface area is 287 Å². The van der Waals surface area contributed by atoms with Crippen molar-refractivity contribution < 1.29 is 27.2 Å². The Hall–Kier alpha value is -0.460. The fourth-order valence-electron chi connectivity index (χ4n) is 4.73. The summed E-state index contributed by atoms with van der Waals surface area (Å²) in [6, 6.07) is 0. The van der Waals surface area contributed by atoms with E-state index in [9.17, 15) is 9.13 Å². The number of unbranched alkanes of at least 4 members (excludes halogenated alkanes) is 6. The molecule has 0 fully saturated rings. The van der Waals surface area contributed by atoms with Gasteiger partial charge in [-0.3, -0.25) is 9.13 Å². The van der Waals surface area contributed by atoms with Gasteiger partial charge in [0.1, 0.15) is 0 Å². The van der Waals surface area contributed by atoms with E-state index in [1.165, 1.54) is 0 Å². The zero-order valence-electron chi connectivity index (χ0n) is 29.9. The van der Waals surface area contributed by atoms with Crippen LogP contribution in [0.1, 0.15) is 84.5 Å². The summed E-state index contributed by atoms with van der Waals surface area (Å²) in [5, 5.41) is 0. The minimum Gasteiger partial charge on any atom is -0.329 e. The first kappa shape index (κ1) is 46.5. The monoisotopic (exact) mass is 710 g/mol. The van der Waals surface area contributed by atoms with Crippen LogP contribution >= 0.6 is 15.2 Å². The molecule has 2 unspecified atom stereocenters. The molecule has 0 aliphatic rings. The summed E-state index contributed by atoms with van der Waals surface area (Å²) in [4.78, 5) is 4.21. The molecule has 47 heavy (non-hydrogen) atoms. The van der Waals surface area contributed by atoms with Gasteiger partial charge < -0.3 is 50.8 Å². The standard InChI is InChI=1S/C33H72N6O6P2/c1-3-5-7-10-14-28-42-46(40,32-26-38(22-18-34)23-19-35)44-30-16-12-9-13-17-31-45-47(41,43-29-15-11-8-6-4-2)33-27-39(24-20-36)25-21-37/h7-8,10-11H,3-6,9,12-37H2,1-2H3/b10-7-,11-8-. The second-order valence-corrected chi connectivity index (χ2v) is 16.1. The normalized spacial score (nSPS) is 15.0. The largest absolute Gasteiger partial charge is 0.331 e. The van der Waals surface area contributed by atoms with Crippen molar-refractivity contribution in [2.75, 3.05) is 104 Å². The zero-order chi connectivity index (χ0) is 34.9. The number of allylic oxidation sites excluding steroid dienone is 2. The highest BCUT2D eigenvalue weighted by molar-refractivity contribution is 7.54. The lowest BCUT2D eigenvalue weighted by molar-refractivity contribution is 0.195. The van der Waals surface area contributed by atoms with Crippen molar-refractivity contribution in [3.8, 4) is 0 Å². The van der Waals surface area contributed by atoms with Crippen LogP contribution in [0.2, 0.25) is 0 Å². The van der Waals surface area contributed by atoms with Gasteiger partial charge in [-0.1, -0.05) is 70.3 Å². The first-order valence-corrected chi connectivity index (χ1v) is 21.6. The highest BCUT2D eigenvalue weighted by Gasteiger charge is 2.26. The SMILES string of the molecule is CCC/C=C\CCOP(=O)(CCN(CCN)CCN)OCCCCCCCOP(=O)(CCN(CCN)CCN)OCC/C=C\CCC. The van der Waals surface area contributed by atoms with Gasteiger partial charge in [0.15, 0.2) is 0 Å². The number of nitrogens with two attached hydrogens (primary N) is 4. The fraction of sp³-hybridized carbons (Fsp3) is 0.879. The lowest BCUT2D eigenvalue weighted by Crippen LogP contribution is -2.36. The Morgan fingerprint density at radius 2 is 0.787 bits per heavy atom. The smallest absolute Gasteiger partial charge is 0.329 e. The molecule has 0 saturated heterocycles. The van der Waals surface area contributed by atoms with Crippen molar-refractivity contribution in [3.05, 3.63) is 24.3 Å². The molecule has 0 radical (unpaired) electrons. The first-order valence-electron chi connectivity index (χ1n) is 18.1. The fourth-order valence-corrected chi connectivity index (χ4v) is 8.03. The summed E-state index contributed by atoms with van der Waals surface area (Å²) in [5.41, 5.74) is 22.9. The molecule has 280 valence electrons. The number of nitrogens with zero attached hydrogens (tertiary/aromatic N) is 2. The summed E-state index contributed by atoms with van der Waals surface area (Å²) in [5.74, 6) is 0. The maximum Gasteiger partial charge on any atom is 0.331 e. The predicted octanol–water partition coefficient (Wildman–Crippen LogP) is 5.32. The van der Waals surface area contributed by atoms with Gasteiger partial charge in [0.25, 0.3) is 0 Å². The van der Waals surface area contributed by atoms with E-state index in [0.717, 1.165) is 57.8 Å². The summed E-state index contributed by atoms with van der Waals surface area (Å²) >= 11 is 0. The van der Waals surface area contributed by atoms with Crippen molar-refractivity contribution in [3.63, 3.8) is 0 Å². The third-order valence-electron chi connectivity index (χ3n) is 7.42. The molecule has 8 N–H and O–H groups in total. The van der Waals surface area contributed by atoms with Crippen molar-refractivity contribution >= 4 is 15.2 Å². The van der Waals surface area contributed by atoms with Crippen molar-refractivity contribution in [2.24, 2.45) is 22.9 Å². The lowest BCUT2D eigenvalue weighted by atomic mass is 10.2. The second-order valence-electron chi connectivity index (χ2n) is 11.7. The van der Waals surface area contributed by atoms with E-state index in [1.54, 1.807) is 0 Å². The van der Waals surface area contributed by atoms with Gasteiger partial charge in [0, 0.05) is 65.4 Å². The lowest BCUT2D eigenvalue weighted by Gasteiger charge is -2.24. The van der Waals surface area contributed by atoms with Crippen LogP contribution in [0.25, 0.3) is 0 Å². The van der Waals surface area contributed by atoms with Crippen LogP contribution in [0.4, 0.5) is 0 Å². The molecule has 2 atom stereocenters. The minimum atomic E-state index is -3.25. The third-order valence-corrected chi connectivity index (χ3v) is 11.2. The van der Waals surface area contributed by atoms with Crippen molar-refractivity contribution in [1.29, 1.82) is 0 Å². The summed E-state index contributed by atoms with van der Waals surface area (Å²) in [7, 11) is -6.49. The van der Waals surface area contributed by atoms with E-state index in [0.29, 0.717) is 117 Å². The molecule has 0 aromatic heterocycles. The Kier molecular flexibility index (Phi) is 32.4. The quantitative estimate of drug-likeness (QED) is 0.0374. The average molecular weight is 711 g/mol. The highest BCUT2D eigenvalue weighted by atomic mass is 31.2. The van der Waals surface area contributed by atoms with Gasteiger partial charge >= 0.3 is 15.2 Å². The summed E-state index contributed by atoms with van der Waals surface area (Å²) in [6.07, 6.45) is 19.1. The Morgan fingerprint density at radius 3 is 1.13 bits per heavy atom. The summed E-state index contributed by atoms with van der Waals surface area (Å²) < 4.78 is 50.6. The zero-order valence-corrected chi connectivity index (χ0v) is 31.7. The van der Waals surface area contributed by atoms with Gasteiger partial charge in [-0.15, -0.1) is 0 Å². The molecule has 0 amide bonds. The van der Waals surface area contributed by atoms with Crippen molar-refractivity contribution in [2.45, 2.75) is 84.5 Å². The first-order chi connectivity index (χ1) is 22.8. The predicted molar refractivity (Wildman–Crippen MR) is 198 cm³/mol. The second kappa shape index (κ2) is 32.7. The molecule has 12 nitrogen and oxygen atoms in total. The van der Waals surface area contributed by atoms with Crippen LogP contribution in [0.3, 0.4) is 0 Å². The molecule has 0 heterocycles. The van der Waals surface area contributed by atoms with Crippen LogP contribution in [0.15, 0.2) is 24.3 Å². The molecule has 0 aliphatic carbocycles. The van der Waals surface area contributed by atoms with Gasteiger partial charge in [0.2, 0.25) is 0 Å². The van der Waals surface area contributed by atoms with Crippen LogP contribution in [0.5, 0.6) is 0 Å². The van der Waals surface area contributed by atoms with Crippen LogP contribution in [0, 0.1) is 0 Å². The Morgan fingerprint density at radius 1 is 0.468 bits per heavy atom. The molecular formula is C33H72N6O6P2. The van der Waals surface area contributed by atoms with Gasteiger partial charge in [-0.05, 0) is 38.5 Å². The van der Waals surface area contributed by atoms with Crippen LogP contribution in [-0.4, -0.2) is 114 Å². The molecule has 0 aliphatic heterocycles. The van der Waals surface area contributed by atoms with E-state index >= 15 is 0 Å². The van der Waals surface area contributed by atoms with Gasteiger partial charge in [-0.25, -0.2) is 0 Å². The van der Waals surface area contributed by atoms with E-state index in [1.807, 2.05) is 0 Å². The molecule has 14 heteroatoms. The topological polar surface area (TPSA) is 182 Å². The molecular weight excluding hydrogens is 638 g/mol. The van der Waals surface area contributed by atoms with Crippen LogP contribution in [-0.2, 0) is 27.2 Å². The highest BCUT2D eigenvalue weighted by Crippen LogP contribution is 2.49. The maximum atomic E-state index is 13.6. The molecule has 0 bridgehead atoms. The van der Waals surface area contributed by atoms with Gasteiger partial charge in [-0.2, -0.15) is 0 Å². The van der Waals surface area contributed by atoms with E-state index < -0.39 is 15.2 Å². The number of hydrogen-bond donors (Lipinski definition) is 4. The van der Waals surface area contributed by atoms with Crippen LogP contribution < -0.4 is 22.9 Å².